The quantitative estimate of drug-likeness (QED) is 0.597. The van der Waals surface area contributed by atoms with Crippen LogP contribution in [0.1, 0.15) is 12.0 Å². The minimum absolute atomic E-state index is 0.133. The van der Waals surface area contributed by atoms with Crippen molar-refractivity contribution >= 4 is 5.69 Å². The van der Waals surface area contributed by atoms with Crippen molar-refractivity contribution in [3.63, 3.8) is 0 Å². The van der Waals surface area contributed by atoms with Crippen molar-refractivity contribution in [2.45, 2.75) is 12.8 Å². The van der Waals surface area contributed by atoms with Crippen LogP contribution < -0.4 is 0 Å². The molecule has 1 aliphatic rings. The first-order valence-electron chi connectivity index (χ1n) is 8.86. The van der Waals surface area contributed by atoms with E-state index in [0.717, 1.165) is 37.2 Å². The van der Waals surface area contributed by atoms with Gasteiger partial charge in [0, 0.05) is 38.3 Å². The third-order valence-corrected chi connectivity index (χ3v) is 4.88. The molecule has 0 spiro atoms. The van der Waals surface area contributed by atoms with Crippen LogP contribution in [0.25, 0.3) is 11.1 Å². The maximum absolute atomic E-state index is 10.9. The second-order valence-corrected chi connectivity index (χ2v) is 6.75. The molecule has 0 unspecified atom stereocenters. The molecule has 1 heterocycles. The Morgan fingerprint density at radius 2 is 1.72 bits per heavy atom. The molecule has 3 rings (SSSR count). The van der Waals surface area contributed by atoms with Crippen LogP contribution in [0.2, 0.25) is 0 Å². The number of nitro groups is 1. The molecule has 0 aliphatic carbocycles. The fraction of sp³-hybridized carbons (Fsp3) is 0.400. The summed E-state index contributed by atoms with van der Waals surface area (Å²) in [5.74, 6) is 0. The number of nitro benzene ring substituents is 1. The van der Waals surface area contributed by atoms with Crippen LogP contribution in [0.3, 0.4) is 0 Å². The van der Waals surface area contributed by atoms with Gasteiger partial charge in [0.05, 0.1) is 4.92 Å². The zero-order valence-electron chi connectivity index (χ0n) is 14.7. The predicted molar refractivity (Wildman–Crippen MR) is 101 cm³/mol. The summed E-state index contributed by atoms with van der Waals surface area (Å²) >= 11 is 0. The van der Waals surface area contributed by atoms with Crippen LogP contribution >= 0.6 is 0 Å². The Morgan fingerprint density at radius 3 is 2.40 bits per heavy atom. The van der Waals surface area contributed by atoms with Gasteiger partial charge in [-0.05, 0) is 43.1 Å². The molecule has 0 saturated carbocycles. The molecule has 0 amide bonds. The molecule has 0 aromatic heterocycles. The van der Waals surface area contributed by atoms with Gasteiger partial charge in [-0.1, -0.05) is 36.4 Å². The molecule has 2 aromatic carbocycles. The van der Waals surface area contributed by atoms with E-state index in [1.54, 1.807) is 12.1 Å². The van der Waals surface area contributed by atoms with Gasteiger partial charge < -0.3 is 9.80 Å². The number of likely N-dealkylation sites (N-methyl/N-ethyl adjacent to an activating group) is 1. The highest BCUT2D eigenvalue weighted by Gasteiger charge is 2.13. The number of hydrogen-bond acceptors (Lipinski definition) is 4. The Hall–Kier alpha value is -2.24. The van der Waals surface area contributed by atoms with E-state index in [4.69, 9.17) is 0 Å². The number of rotatable bonds is 6. The Labute approximate surface area is 149 Å². The summed E-state index contributed by atoms with van der Waals surface area (Å²) in [7, 11) is 2.18. The lowest BCUT2D eigenvalue weighted by atomic mass is 10.0. The van der Waals surface area contributed by atoms with E-state index in [0.29, 0.717) is 0 Å². The van der Waals surface area contributed by atoms with Gasteiger partial charge in [0.2, 0.25) is 0 Å². The van der Waals surface area contributed by atoms with Gasteiger partial charge in [-0.3, -0.25) is 10.1 Å². The third kappa shape index (κ3) is 4.87. The molecule has 0 radical (unpaired) electrons. The fourth-order valence-corrected chi connectivity index (χ4v) is 3.24. The zero-order valence-corrected chi connectivity index (χ0v) is 14.7. The first-order chi connectivity index (χ1) is 12.1. The topological polar surface area (TPSA) is 49.6 Å². The lowest BCUT2D eigenvalue weighted by Gasteiger charge is -2.32. The minimum atomic E-state index is -0.351. The fourth-order valence-electron chi connectivity index (χ4n) is 3.24. The van der Waals surface area contributed by atoms with Gasteiger partial charge in [-0.15, -0.1) is 0 Å². The summed E-state index contributed by atoms with van der Waals surface area (Å²) in [4.78, 5) is 15.5. The van der Waals surface area contributed by atoms with Crippen LogP contribution in [-0.4, -0.2) is 54.5 Å². The second kappa shape index (κ2) is 8.23. The summed E-state index contributed by atoms with van der Waals surface area (Å²) in [5, 5.41) is 10.9. The Bertz CT molecular complexity index is 707. The molecular formula is C20H25N3O2. The van der Waals surface area contributed by atoms with Crippen LogP contribution in [0, 0.1) is 10.1 Å². The summed E-state index contributed by atoms with van der Waals surface area (Å²) in [6.07, 6.45) is 2.24. The zero-order chi connectivity index (χ0) is 17.6. The summed E-state index contributed by atoms with van der Waals surface area (Å²) in [5.41, 5.74) is 3.36. The average Bonchev–Trinajstić information content (AvgIpc) is 2.64. The summed E-state index contributed by atoms with van der Waals surface area (Å²) in [6, 6.07) is 15.2. The molecule has 1 fully saturated rings. The third-order valence-electron chi connectivity index (χ3n) is 4.88. The van der Waals surface area contributed by atoms with Crippen molar-refractivity contribution in [3.8, 4) is 11.1 Å². The smallest absolute Gasteiger partial charge is 0.270 e. The molecular weight excluding hydrogens is 314 g/mol. The van der Waals surface area contributed by atoms with Crippen molar-refractivity contribution in [2.24, 2.45) is 0 Å². The largest absolute Gasteiger partial charge is 0.304 e. The van der Waals surface area contributed by atoms with Gasteiger partial charge in [-0.25, -0.2) is 0 Å². The maximum atomic E-state index is 10.9. The highest BCUT2D eigenvalue weighted by molar-refractivity contribution is 5.66. The van der Waals surface area contributed by atoms with Crippen molar-refractivity contribution < 1.29 is 4.92 Å². The molecule has 132 valence electrons. The van der Waals surface area contributed by atoms with Crippen LogP contribution in [0.4, 0.5) is 5.69 Å². The predicted octanol–water partition coefficient (Wildman–Crippen LogP) is 3.44. The Morgan fingerprint density at radius 1 is 1.00 bits per heavy atom. The second-order valence-electron chi connectivity index (χ2n) is 6.75. The monoisotopic (exact) mass is 339 g/mol. The first kappa shape index (κ1) is 17.6. The molecule has 25 heavy (non-hydrogen) atoms. The number of non-ortho nitro benzene ring substituents is 1. The number of piperazine rings is 1. The maximum Gasteiger partial charge on any atom is 0.270 e. The average molecular weight is 339 g/mol. The van der Waals surface area contributed by atoms with Crippen molar-refractivity contribution in [1.29, 1.82) is 0 Å². The van der Waals surface area contributed by atoms with Crippen molar-refractivity contribution in [2.75, 3.05) is 39.8 Å². The van der Waals surface area contributed by atoms with Crippen LogP contribution in [0.5, 0.6) is 0 Å². The van der Waals surface area contributed by atoms with E-state index in [1.807, 2.05) is 6.07 Å². The first-order valence-corrected chi connectivity index (χ1v) is 8.86. The molecule has 0 atom stereocenters. The highest BCUT2D eigenvalue weighted by Crippen LogP contribution is 2.24. The van der Waals surface area contributed by atoms with E-state index in [-0.39, 0.29) is 10.6 Å². The van der Waals surface area contributed by atoms with Crippen LogP contribution in [0.15, 0.2) is 48.5 Å². The minimum Gasteiger partial charge on any atom is -0.304 e. The van der Waals surface area contributed by atoms with Crippen LogP contribution in [-0.2, 0) is 6.42 Å². The summed E-state index contributed by atoms with van der Waals surface area (Å²) in [6.45, 7) is 5.82. The van der Waals surface area contributed by atoms with E-state index >= 15 is 0 Å². The lowest BCUT2D eigenvalue weighted by Crippen LogP contribution is -2.44. The van der Waals surface area contributed by atoms with Crippen molar-refractivity contribution in [3.05, 3.63) is 64.2 Å². The number of nitrogens with zero attached hydrogens (tertiary/aromatic N) is 3. The Balaban J connectivity index is 1.54. The molecule has 2 aromatic rings. The lowest BCUT2D eigenvalue weighted by molar-refractivity contribution is -0.384. The molecule has 5 nitrogen and oxygen atoms in total. The highest BCUT2D eigenvalue weighted by atomic mass is 16.6. The molecule has 0 N–H and O–H groups in total. The van der Waals surface area contributed by atoms with E-state index in [1.165, 1.54) is 31.1 Å². The van der Waals surface area contributed by atoms with E-state index in [2.05, 4.69) is 41.1 Å². The number of aryl methyl sites for hydroxylation is 1. The van der Waals surface area contributed by atoms with Gasteiger partial charge in [-0.2, -0.15) is 0 Å². The standard InChI is InChI=1S/C20H25N3O2/c1-21-12-14-22(15-13-21)11-3-4-17-7-9-18(10-8-17)19-5-2-6-20(16-19)23(24)25/h2,5-10,16H,3-4,11-15H2,1H3. The van der Waals surface area contributed by atoms with Gasteiger partial charge in [0.25, 0.3) is 5.69 Å². The van der Waals surface area contributed by atoms with Crippen molar-refractivity contribution in [1.82, 2.24) is 9.80 Å². The number of benzene rings is 2. The SMILES string of the molecule is CN1CCN(CCCc2ccc(-c3cccc([N+](=O)[O-])c3)cc2)CC1. The molecule has 1 aliphatic heterocycles. The molecule has 0 bridgehead atoms. The normalized spacial score (nSPS) is 16.0. The van der Waals surface area contributed by atoms with E-state index in [9.17, 15) is 10.1 Å². The Kier molecular flexibility index (Phi) is 5.79. The van der Waals surface area contributed by atoms with E-state index < -0.39 is 0 Å². The molecule has 5 heteroatoms. The summed E-state index contributed by atoms with van der Waals surface area (Å²) < 4.78 is 0. The molecule has 1 saturated heterocycles. The van der Waals surface area contributed by atoms with Gasteiger partial charge >= 0.3 is 0 Å². The van der Waals surface area contributed by atoms with Gasteiger partial charge in [0.15, 0.2) is 0 Å². The number of hydrogen-bond donors (Lipinski definition) is 0. The van der Waals surface area contributed by atoms with Gasteiger partial charge in [0.1, 0.15) is 0 Å².